The first-order valence-electron chi connectivity index (χ1n) is 7.85. The van der Waals surface area contributed by atoms with Gasteiger partial charge in [0.25, 0.3) is 5.69 Å². The number of aromatic amines is 1. The number of nitro groups is 1. The van der Waals surface area contributed by atoms with Crippen LogP contribution >= 0.6 is 12.2 Å². The molecule has 0 aliphatic carbocycles. The van der Waals surface area contributed by atoms with Crippen LogP contribution in [0.2, 0.25) is 0 Å². The van der Waals surface area contributed by atoms with Crippen LogP contribution in [0.15, 0.2) is 53.6 Å². The maximum absolute atomic E-state index is 10.9. The molecule has 1 N–H and O–H groups in total. The first-order chi connectivity index (χ1) is 13.1. The monoisotopic (exact) mass is 380 g/mol. The number of rotatable bonds is 5. The van der Waals surface area contributed by atoms with Crippen LogP contribution in [0.25, 0.3) is 11.0 Å². The Morgan fingerprint density at radius 2 is 2.11 bits per heavy atom. The van der Waals surface area contributed by atoms with Crippen LogP contribution in [0.5, 0.6) is 0 Å². The lowest BCUT2D eigenvalue weighted by molar-refractivity contribution is -0.384. The first-order valence-corrected chi connectivity index (χ1v) is 8.26. The summed E-state index contributed by atoms with van der Waals surface area (Å²) in [5.74, 6) is 0.525. The van der Waals surface area contributed by atoms with E-state index in [0.717, 1.165) is 11.0 Å². The van der Waals surface area contributed by atoms with Crippen molar-refractivity contribution in [3.05, 3.63) is 74.8 Å². The van der Waals surface area contributed by atoms with Crippen molar-refractivity contribution >= 4 is 35.2 Å². The summed E-state index contributed by atoms with van der Waals surface area (Å²) < 4.78 is 3.45. The highest BCUT2D eigenvalue weighted by Crippen LogP contribution is 2.13. The highest BCUT2D eigenvalue weighted by atomic mass is 32.1. The van der Waals surface area contributed by atoms with E-state index in [-0.39, 0.29) is 5.69 Å². The van der Waals surface area contributed by atoms with Crippen LogP contribution in [0.3, 0.4) is 0 Å². The third-order valence-electron chi connectivity index (χ3n) is 3.83. The smallest absolute Gasteiger partial charge is 0.258 e. The Kier molecular flexibility index (Phi) is 4.26. The molecule has 0 unspecified atom stereocenters. The second-order valence-electron chi connectivity index (χ2n) is 5.59. The summed E-state index contributed by atoms with van der Waals surface area (Å²) in [6.07, 6.45) is 1.49. The SMILES string of the molecule is O=[N+]([O-])c1cccc(/C=N\n2c(Cn3nnc4ccccc43)n[nH]c2=S)c1. The molecule has 0 saturated carbocycles. The maximum Gasteiger partial charge on any atom is 0.270 e. The van der Waals surface area contributed by atoms with E-state index >= 15 is 0 Å². The number of para-hydroxylation sites is 1. The molecule has 0 radical (unpaired) electrons. The molecule has 0 amide bonds. The van der Waals surface area contributed by atoms with E-state index < -0.39 is 4.92 Å². The van der Waals surface area contributed by atoms with Crippen LogP contribution in [0.4, 0.5) is 5.69 Å². The summed E-state index contributed by atoms with van der Waals surface area (Å²) in [6, 6.07) is 13.7. The van der Waals surface area contributed by atoms with Gasteiger partial charge in [-0.05, 0) is 24.4 Å². The zero-order valence-corrected chi connectivity index (χ0v) is 14.6. The Hall–Kier alpha value is -3.73. The molecule has 0 aliphatic heterocycles. The quantitative estimate of drug-likeness (QED) is 0.246. The predicted octanol–water partition coefficient (Wildman–Crippen LogP) is 2.52. The number of H-pyrrole nitrogens is 1. The second-order valence-corrected chi connectivity index (χ2v) is 5.98. The number of hydrogen-bond donors (Lipinski definition) is 1. The van der Waals surface area contributed by atoms with Crippen molar-refractivity contribution in [2.75, 3.05) is 0 Å². The van der Waals surface area contributed by atoms with Gasteiger partial charge in [-0.1, -0.05) is 29.5 Å². The lowest BCUT2D eigenvalue weighted by atomic mass is 10.2. The van der Waals surface area contributed by atoms with Gasteiger partial charge in [-0.15, -0.1) is 5.10 Å². The summed E-state index contributed by atoms with van der Waals surface area (Å²) in [5, 5.41) is 30.3. The summed E-state index contributed by atoms with van der Waals surface area (Å²) in [7, 11) is 0. The largest absolute Gasteiger partial charge is 0.270 e. The fraction of sp³-hybridized carbons (Fsp3) is 0.0625. The maximum atomic E-state index is 10.9. The first kappa shape index (κ1) is 16.7. The molecule has 4 aromatic rings. The fourth-order valence-corrected chi connectivity index (χ4v) is 2.76. The molecule has 0 bridgehead atoms. The Balaban J connectivity index is 1.65. The normalized spacial score (nSPS) is 11.4. The van der Waals surface area contributed by atoms with Crippen LogP contribution < -0.4 is 0 Å². The predicted molar refractivity (Wildman–Crippen MR) is 100 cm³/mol. The van der Waals surface area contributed by atoms with Crippen molar-refractivity contribution in [1.29, 1.82) is 0 Å². The summed E-state index contributed by atoms with van der Waals surface area (Å²) in [4.78, 5) is 10.4. The van der Waals surface area contributed by atoms with Gasteiger partial charge >= 0.3 is 0 Å². The van der Waals surface area contributed by atoms with Crippen LogP contribution in [0.1, 0.15) is 11.4 Å². The lowest BCUT2D eigenvalue weighted by Gasteiger charge is -2.02. The van der Waals surface area contributed by atoms with Crippen LogP contribution in [-0.4, -0.2) is 41.0 Å². The number of nitro benzene ring substituents is 1. The molecule has 0 aliphatic rings. The molecule has 0 fully saturated rings. The Morgan fingerprint density at radius 3 is 2.96 bits per heavy atom. The molecule has 11 heteroatoms. The minimum atomic E-state index is -0.456. The van der Waals surface area contributed by atoms with Crippen LogP contribution in [-0.2, 0) is 6.54 Å². The van der Waals surface area contributed by atoms with Crippen LogP contribution in [0, 0.1) is 14.9 Å². The Labute approximate surface area is 156 Å². The molecule has 2 aromatic carbocycles. The molecule has 2 aromatic heterocycles. The molecule has 10 nitrogen and oxygen atoms in total. The minimum absolute atomic E-state index is 0.0101. The number of benzene rings is 2. The number of nitrogens with one attached hydrogen (secondary N) is 1. The van der Waals surface area contributed by atoms with Crippen molar-refractivity contribution in [3.63, 3.8) is 0 Å². The zero-order valence-electron chi connectivity index (χ0n) is 13.8. The third kappa shape index (κ3) is 3.35. The zero-order chi connectivity index (χ0) is 18.8. The number of non-ortho nitro benzene ring substituents is 1. The molecule has 4 rings (SSSR count). The summed E-state index contributed by atoms with van der Waals surface area (Å²) in [5.41, 5.74) is 2.20. The van der Waals surface area contributed by atoms with E-state index in [4.69, 9.17) is 12.2 Å². The van der Waals surface area contributed by atoms with Gasteiger partial charge < -0.3 is 0 Å². The van der Waals surface area contributed by atoms with Crippen molar-refractivity contribution in [2.24, 2.45) is 5.10 Å². The number of aromatic nitrogens is 6. The number of fused-ring (bicyclic) bond motifs is 1. The topological polar surface area (TPSA) is 120 Å². The van der Waals surface area contributed by atoms with Gasteiger partial charge in [-0.2, -0.15) is 14.9 Å². The lowest BCUT2D eigenvalue weighted by Crippen LogP contribution is -2.08. The Bertz CT molecular complexity index is 1220. The van der Waals surface area contributed by atoms with Gasteiger partial charge in [0.1, 0.15) is 12.1 Å². The molecule has 0 spiro atoms. The van der Waals surface area contributed by atoms with Gasteiger partial charge in [0, 0.05) is 17.7 Å². The molecule has 0 saturated heterocycles. The van der Waals surface area contributed by atoms with E-state index in [0.29, 0.717) is 22.7 Å². The average molecular weight is 380 g/mol. The van der Waals surface area contributed by atoms with E-state index in [1.165, 1.54) is 23.0 Å². The van der Waals surface area contributed by atoms with E-state index in [9.17, 15) is 10.1 Å². The second kappa shape index (κ2) is 6.88. The van der Waals surface area contributed by atoms with E-state index in [1.54, 1.807) is 16.8 Å². The molecule has 134 valence electrons. The van der Waals surface area contributed by atoms with Crippen molar-refractivity contribution in [3.8, 4) is 0 Å². The van der Waals surface area contributed by atoms with Gasteiger partial charge in [0.2, 0.25) is 4.77 Å². The number of hydrogen-bond acceptors (Lipinski definition) is 7. The minimum Gasteiger partial charge on any atom is -0.258 e. The fourth-order valence-electron chi connectivity index (χ4n) is 2.56. The van der Waals surface area contributed by atoms with Crippen molar-refractivity contribution in [1.82, 2.24) is 29.9 Å². The summed E-state index contributed by atoms with van der Waals surface area (Å²) >= 11 is 5.22. The highest BCUT2D eigenvalue weighted by molar-refractivity contribution is 7.71. The molecular formula is C16H12N8O2S. The summed E-state index contributed by atoms with van der Waals surface area (Å²) in [6.45, 7) is 0.305. The van der Waals surface area contributed by atoms with Gasteiger partial charge in [-0.3, -0.25) is 15.2 Å². The third-order valence-corrected chi connectivity index (χ3v) is 4.10. The van der Waals surface area contributed by atoms with Gasteiger partial charge in [-0.25, -0.2) is 4.68 Å². The van der Waals surface area contributed by atoms with Gasteiger partial charge in [0.15, 0.2) is 5.82 Å². The van der Waals surface area contributed by atoms with Crippen molar-refractivity contribution < 1.29 is 4.92 Å². The Morgan fingerprint density at radius 1 is 1.26 bits per heavy atom. The van der Waals surface area contributed by atoms with Gasteiger partial charge in [0.05, 0.1) is 16.7 Å². The van der Waals surface area contributed by atoms with E-state index in [2.05, 4.69) is 25.6 Å². The average Bonchev–Trinajstić information content (AvgIpc) is 3.24. The standard InChI is InChI=1S/C16H12N8O2S/c25-24(26)12-5-3-4-11(8-12)9-17-23-15(19-20-16(23)27)10-22-14-7-2-1-6-13(14)18-21-22/h1-9H,10H2,(H,20,27)/b17-9-. The van der Waals surface area contributed by atoms with Crippen molar-refractivity contribution in [2.45, 2.75) is 6.54 Å². The molecule has 0 atom stereocenters. The molecular weight excluding hydrogens is 368 g/mol. The highest BCUT2D eigenvalue weighted by Gasteiger charge is 2.10. The molecule has 27 heavy (non-hydrogen) atoms. The van der Waals surface area contributed by atoms with E-state index in [1.807, 2.05) is 24.3 Å². The molecule has 2 heterocycles. The number of nitrogens with zero attached hydrogens (tertiary/aromatic N) is 7.